The lowest BCUT2D eigenvalue weighted by molar-refractivity contribution is -0.132. The van der Waals surface area contributed by atoms with Crippen molar-refractivity contribution in [3.63, 3.8) is 0 Å². The molecule has 0 fully saturated rings. The molecule has 3 rings (SSSR count). The maximum atomic E-state index is 12.8. The van der Waals surface area contributed by atoms with Gasteiger partial charge in [-0.15, -0.1) is 0 Å². The van der Waals surface area contributed by atoms with Crippen molar-refractivity contribution >= 4 is 52.1 Å². The summed E-state index contributed by atoms with van der Waals surface area (Å²) < 4.78 is 5.65. The predicted molar refractivity (Wildman–Crippen MR) is 132 cm³/mol. The Morgan fingerprint density at radius 1 is 1.12 bits per heavy atom. The van der Waals surface area contributed by atoms with Crippen LogP contribution in [0.1, 0.15) is 32.8 Å². The largest absolute Gasteiger partial charge is 0.479 e. The van der Waals surface area contributed by atoms with Crippen molar-refractivity contribution < 1.29 is 14.3 Å². The van der Waals surface area contributed by atoms with E-state index in [9.17, 15) is 9.59 Å². The van der Waals surface area contributed by atoms with E-state index in [1.54, 1.807) is 25.3 Å². The molecule has 2 atom stereocenters. The Kier molecular flexibility index (Phi) is 8.36. The summed E-state index contributed by atoms with van der Waals surface area (Å²) in [6.07, 6.45) is 2.95. The summed E-state index contributed by atoms with van der Waals surface area (Å²) in [4.78, 5) is 28.6. The van der Waals surface area contributed by atoms with Gasteiger partial charge in [0.05, 0.1) is 11.2 Å². The molecule has 0 saturated carbocycles. The minimum absolute atomic E-state index is 0.167. The summed E-state index contributed by atoms with van der Waals surface area (Å²) in [6.45, 7) is 5.52. The van der Waals surface area contributed by atoms with E-state index in [0.29, 0.717) is 22.2 Å². The summed E-state index contributed by atoms with van der Waals surface area (Å²) in [5.74, 6) is -0.357. The standard InChI is InChI=1S/C24H26Cl2N4O3/c1-14(2)10-21(29-23(31)15(3)33-22-9-8-17(25)11-19(22)26)24(32)30-28-13-16-12-27-20-7-5-4-6-18(16)20/h4-9,11-15,21,27H,10H2,1-3H3,(H,29,31)(H,30,32)/b28-13-/t15-,21-/m1/s1. The number of carbonyl (C=O) groups excluding carboxylic acids is 2. The van der Waals surface area contributed by atoms with Gasteiger partial charge in [-0.05, 0) is 43.5 Å². The summed E-state index contributed by atoms with van der Waals surface area (Å²) in [5.41, 5.74) is 4.35. The van der Waals surface area contributed by atoms with Gasteiger partial charge in [-0.3, -0.25) is 9.59 Å². The Bertz CT molecular complexity index is 1160. The van der Waals surface area contributed by atoms with Crippen LogP contribution in [0.2, 0.25) is 10.0 Å². The smallest absolute Gasteiger partial charge is 0.262 e. The first-order valence-electron chi connectivity index (χ1n) is 10.6. The summed E-state index contributed by atoms with van der Waals surface area (Å²) >= 11 is 12.0. The van der Waals surface area contributed by atoms with Crippen LogP contribution in [-0.4, -0.2) is 35.2 Å². The van der Waals surface area contributed by atoms with Gasteiger partial charge in [0, 0.05) is 27.7 Å². The predicted octanol–water partition coefficient (Wildman–Crippen LogP) is 4.92. The number of nitrogens with zero attached hydrogens (tertiary/aromatic N) is 1. The number of aromatic nitrogens is 1. The van der Waals surface area contributed by atoms with Crippen molar-refractivity contribution in [2.24, 2.45) is 11.0 Å². The minimum atomic E-state index is -0.874. The van der Waals surface area contributed by atoms with Crippen LogP contribution in [0.25, 0.3) is 10.9 Å². The highest BCUT2D eigenvalue weighted by atomic mass is 35.5. The van der Waals surface area contributed by atoms with Crippen molar-refractivity contribution in [3.05, 3.63) is 64.3 Å². The number of hydrazone groups is 1. The number of H-pyrrole nitrogens is 1. The number of para-hydroxylation sites is 1. The highest BCUT2D eigenvalue weighted by Gasteiger charge is 2.25. The lowest BCUT2D eigenvalue weighted by atomic mass is 10.0. The van der Waals surface area contributed by atoms with Gasteiger partial charge < -0.3 is 15.0 Å². The van der Waals surface area contributed by atoms with Crippen molar-refractivity contribution in [1.29, 1.82) is 0 Å². The molecule has 3 aromatic rings. The molecule has 174 valence electrons. The number of fused-ring (bicyclic) bond motifs is 1. The fourth-order valence-electron chi connectivity index (χ4n) is 3.25. The molecule has 2 amide bonds. The second-order valence-electron chi connectivity index (χ2n) is 8.05. The van der Waals surface area contributed by atoms with Crippen LogP contribution in [0.4, 0.5) is 0 Å². The van der Waals surface area contributed by atoms with Crippen molar-refractivity contribution in [2.45, 2.75) is 39.3 Å². The lowest BCUT2D eigenvalue weighted by Gasteiger charge is -2.22. The molecule has 33 heavy (non-hydrogen) atoms. The van der Waals surface area contributed by atoms with E-state index >= 15 is 0 Å². The van der Waals surface area contributed by atoms with Gasteiger partial charge in [-0.25, -0.2) is 5.43 Å². The van der Waals surface area contributed by atoms with Gasteiger partial charge in [-0.2, -0.15) is 5.10 Å². The van der Waals surface area contributed by atoms with Crippen LogP contribution < -0.4 is 15.5 Å². The molecule has 7 nitrogen and oxygen atoms in total. The normalized spacial score (nSPS) is 13.3. The van der Waals surface area contributed by atoms with E-state index in [4.69, 9.17) is 27.9 Å². The average molecular weight is 489 g/mol. The summed E-state index contributed by atoms with van der Waals surface area (Å²) in [5, 5.41) is 8.58. The van der Waals surface area contributed by atoms with Crippen molar-refractivity contribution in [1.82, 2.24) is 15.7 Å². The molecular formula is C24H26Cl2N4O3. The van der Waals surface area contributed by atoms with Crippen LogP contribution in [0, 0.1) is 5.92 Å². The second kappa shape index (κ2) is 11.2. The maximum Gasteiger partial charge on any atom is 0.262 e. The fraction of sp³-hybridized carbons (Fsp3) is 0.292. The maximum absolute atomic E-state index is 12.8. The number of benzene rings is 2. The van der Waals surface area contributed by atoms with Crippen LogP contribution in [-0.2, 0) is 9.59 Å². The Hall–Kier alpha value is -3.03. The SMILES string of the molecule is CC(C)C[C@@H](NC(=O)[C@@H](C)Oc1ccc(Cl)cc1Cl)C(=O)N/N=C\c1c[nH]c2ccccc12. The average Bonchev–Trinajstić information content (AvgIpc) is 3.18. The number of carbonyl (C=O) groups is 2. The Morgan fingerprint density at radius 2 is 1.88 bits per heavy atom. The lowest BCUT2D eigenvalue weighted by Crippen LogP contribution is -2.49. The zero-order chi connectivity index (χ0) is 24.0. The van der Waals surface area contributed by atoms with E-state index in [2.05, 4.69) is 20.8 Å². The van der Waals surface area contributed by atoms with Gasteiger partial charge in [0.15, 0.2) is 6.10 Å². The Morgan fingerprint density at radius 3 is 2.61 bits per heavy atom. The van der Waals surface area contributed by atoms with Gasteiger partial charge in [0.25, 0.3) is 11.8 Å². The molecule has 0 aliphatic carbocycles. The Labute approximate surface area is 202 Å². The van der Waals surface area contributed by atoms with Gasteiger partial charge in [0.1, 0.15) is 11.8 Å². The molecule has 9 heteroatoms. The number of amides is 2. The zero-order valence-corrected chi connectivity index (χ0v) is 20.1. The monoisotopic (exact) mass is 488 g/mol. The third-order valence-corrected chi connectivity index (χ3v) is 5.44. The molecule has 1 heterocycles. The number of rotatable bonds is 9. The number of hydrogen-bond donors (Lipinski definition) is 3. The van der Waals surface area contributed by atoms with Gasteiger partial charge >= 0.3 is 0 Å². The molecular weight excluding hydrogens is 463 g/mol. The molecule has 0 aliphatic rings. The van der Waals surface area contributed by atoms with Crippen LogP contribution in [0.15, 0.2) is 53.8 Å². The summed E-state index contributed by atoms with van der Waals surface area (Å²) in [6, 6.07) is 11.8. The van der Waals surface area contributed by atoms with Gasteiger partial charge in [-0.1, -0.05) is 55.2 Å². The second-order valence-corrected chi connectivity index (χ2v) is 8.89. The van der Waals surface area contributed by atoms with Crippen LogP contribution >= 0.6 is 23.2 Å². The first-order chi connectivity index (χ1) is 15.7. The molecule has 0 radical (unpaired) electrons. The molecule has 0 saturated heterocycles. The van der Waals surface area contributed by atoms with E-state index in [1.807, 2.05) is 44.3 Å². The number of ether oxygens (including phenoxy) is 1. The quantitative estimate of drug-likeness (QED) is 0.294. The highest BCUT2D eigenvalue weighted by Crippen LogP contribution is 2.28. The molecule has 0 spiro atoms. The van der Waals surface area contributed by atoms with Gasteiger partial charge in [0.2, 0.25) is 0 Å². The van der Waals surface area contributed by atoms with Crippen molar-refractivity contribution in [3.8, 4) is 5.75 Å². The molecule has 3 N–H and O–H groups in total. The van der Waals surface area contributed by atoms with Crippen LogP contribution in [0.5, 0.6) is 5.75 Å². The van der Waals surface area contributed by atoms with Crippen molar-refractivity contribution in [2.75, 3.05) is 0 Å². The molecule has 0 bridgehead atoms. The zero-order valence-electron chi connectivity index (χ0n) is 18.6. The molecule has 1 aromatic heterocycles. The molecule has 0 aliphatic heterocycles. The Balaban J connectivity index is 1.62. The van der Waals surface area contributed by atoms with E-state index in [-0.39, 0.29) is 5.92 Å². The number of aromatic amines is 1. The van der Waals surface area contributed by atoms with E-state index in [0.717, 1.165) is 16.5 Å². The first kappa shape index (κ1) is 24.6. The molecule has 0 unspecified atom stereocenters. The molecule has 2 aromatic carbocycles. The number of hydrogen-bond acceptors (Lipinski definition) is 4. The first-order valence-corrected chi connectivity index (χ1v) is 11.3. The third-order valence-electron chi connectivity index (χ3n) is 4.91. The van der Waals surface area contributed by atoms with Crippen LogP contribution in [0.3, 0.4) is 0 Å². The number of nitrogens with one attached hydrogen (secondary N) is 3. The van der Waals surface area contributed by atoms with E-state index < -0.39 is 24.0 Å². The third kappa shape index (κ3) is 6.73. The highest BCUT2D eigenvalue weighted by molar-refractivity contribution is 6.35. The summed E-state index contributed by atoms with van der Waals surface area (Å²) in [7, 11) is 0. The minimum Gasteiger partial charge on any atom is -0.479 e. The van der Waals surface area contributed by atoms with E-state index in [1.165, 1.54) is 6.07 Å². The topological polar surface area (TPSA) is 95.6 Å². The number of halogens is 2. The fourth-order valence-corrected chi connectivity index (χ4v) is 3.70.